The summed E-state index contributed by atoms with van der Waals surface area (Å²) in [5.74, 6) is -0.400. The van der Waals surface area contributed by atoms with Gasteiger partial charge < -0.3 is 14.6 Å². The minimum absolute atomic E-state index is 0.105. The molecule has 0 aliphatic rings. The van der Waals surface area contributed by atoms with Gasteiger partial charge in [0.1, 0.15) is 19.2 Å². The third kappa shape index (κ3) is 1.80. The lowest BCUT2D eigenvalue weighted by Gasteiger charge is -2.10. The Morgan fingerprint density at radius 1 is 1.00 bits per heavy atom. The SMILES string of the molecule is Cc1c(Br)c(=O)oc2c(Br)c(O)c(Br)c(O)c12. The van der Waals surface area contributed by atoms with E-state index in [-0.39, 0.29) is 30.5 Å². The van der Waals surface area contributed by atoms with Gasteiger partial charge in [-0.3, -0.25) is 0 Å². The standard InChI is InChI=1S/C10H5Br3O4/c1-2-3-7(14)5(12)8(15)6(13)9(3)17-10(16)4(2)11/h14-15H,1H3. The smallest absolute Gasteiger partial charge is 0.350 e. The maximum atomic E-state index is 11.5. The zero-order valence-electron chi connectivity index (χ0n) is 8.34. The first kappa shape index (κ1) is 12.9. The van der Waals surface area contributed by atoms with E-state index in [1.165, 1.54) is 0 Å². The van der Waals surface area contributed by atoms with Crippen LogP contribution in [0.15, 0.2) is 22.6 Å². The molecule has 0 atom stereocenters. The zero-order chi connectivity index (χ0) is 12.9. The fourth-order valence-corrected chi connectivity index (χ4v) is 2.91. The largest absolute Gasteiger partial charge is 0.506 e. The summed E-state index contributed by atoms with van der Waals surface area (Å²) in [6.07, 6.45) is 0. The predicted octanol–water partition coefficient (Wildman–Crippen LogP) is 3.80. The molecule has 0 fully saturated rings. The number of benzene rings is 1. The van der Waals surface area contributed by atoms with Gasteiger partial charge in [0.05, 0.1) is 5.39 Å². The summed E-state index contributed by atoms with van der Waals surface area (Å²) in [6, 6.07) is 0. The van der Waals surface area contributed by atoms with Crippen molar-refractivity contribution in [1.29, 1.82) is 0 Å². The van der Waals surface area contributed by atoms with Crippen LogP contribution in [0.1, 0.15) is 5.56 Å². The maximum absolute atomic E-state index is 11.5. The Morgan fingerprint density at radius 3 is 2.18 bits per heavy atom. The number of hydrogen-bond acceptors (Lipinski definition) is 4. The highest BCUT2D eigenvalue weighted by atomic mass is 79.9. The molecular formula is C10H5Br3O4. The van der Waals surface area contributed by atoms with Gasteiger partial charge in [-0.05, 0) is 60.3 Å². The molecule has 2 N–H and O–H groups in total. The van der Waals surface area contributed by atoms with E-state index in [4.69, 9.17) is 4.42 Å². The summed E-state index contributed by atoms with van der Waals surface area (Å²) < 4.78 is 5.62. The topological polar surface area (TPSA) is 70.7 Å². The lowest BCUT2D eigenvalue weighted by molar-refractivity contribution is 0.442. The van der Waals surface area contributed by atoms with E-state index in [0.717, 1.165) is 0 Å². The van der Waals surface area contributed by atoms with Gasteiger partial charge in [0.2, 0.25) is 0 Å². The van der Waals surface area contributed by atoms with E-state index in [2.05, 4.69) is 47.8 Å². The van der Waals surface area contributed by atoms with Crippen LogP contribution in [0.25, 0.3) is 11.0 Å². The maximum Gasteiger partial charge on any atom is 0.350 e. The molecule has 1 heterocycles. The van der Waals surface area contributed by atoms with E-state index in [1.54, 1.807) is 6.92 Å². The average Bonchev–Trinajstić information content (AvgIpc) is 2.30. The summed E-state index contributed by atoms with van der Waals surface area (Å²) in [6.45, 7) is 1.67. The van der Waals surface area contributed by atoms with Gasteiger partial charge in [-0.15, -0.1) is 0 Å². The summed E-state index contributed by atoms with van der Waals surface area (Å²) in [7, 11) is 0. The molecule has 1 aromatic heterocycles. The van der Waals surface area contributed by atoms with Gasteiger partial charge in [-0.1, -0.05) is 0 Å². The van der Waals surface area contributed by atoms with Crippen LogP contribution in [-0.4, -0.2) is 10.2 Å². The third-order valence-electron chi connectivity index (χ3n) is 2.37. The number of phenols is 2. The lowest BCUT2D eigenvalue weighted by Crippen LogP contribution is -2.03. The summed E-state index contributed by atoms with van der Waals surface area (Å²) in [5, 5.41) is 20.0. The van der Waals surface area contributed by atoms with Gasteiger partial charge >= 0.3 is 5.63 Å². The second-order valence-corrected chi connectivity index (χ2v) is 5.74. The molecule has 7 heteroatoms. The monoisotopic (exact) mass is 426 g/mol. The highest BCUT2D eigenvalue weighted by Crippen LogP contribution is 2.47. The zero-order valence-corrected chi connectivity index (χ0v) is 13.1. The number of aromatic hydroxyl groups is 2. The van der Waals surface area contributed by atoms with Crippen molar-refractivity contribution in [2.75, 3.05) is 0 Å². The molecule has 0 bridgehead atoms. The Balaban J connectivity index is 3.18. The molecule has 2 rings (SSSR count). The van der Waals surface area contributed by atoms with Gasteiger partial charge in [-0.25, -0.2) is 4.79 Å². The first-order valence-electron chi connectivity index (χ1n) is 4.38. The Hall–Kier alpha value is -0.530. The summed E-state index contributed by atoms with van der Waals surface area (Å²) in [4.78, 5) is 11.5. The van der Waals surface area contributed by atoms with Gasteiger partial charge in [0.15, 0.2) is 11.3 Å². The van der Waals surface area contributed by atoms with Crippen LogP contribution >= 0.6 is 47.8 Å². The van der Waals surface area contributed by atoms with Crippen molar-refractivity contribution in [3.63, 3.8) is 0 Å². The molecule has 0 aliphatic carbocycles. The molecule has 1 aromatic carbocycles. The minimum Gasteiger partial charge on any atom is -0.506 e. The molecule has 0 aliphatic heterocycles. The number of fused-ring (bicyclic) bond motifs is 1. The van der Waals surface area contributed by atoms with Crippen molar-refractivity contribution in [3.8, 4) is 11.5 Å². The minimum atomic E-state index is -0.572. The molecule has 0 unspecified atom stereocenters. The van der Waals surface area contributed by atoms with Gasteiger partial charge in [-0.2, -0.15) is 0 Å². The second-order valence-electron chi connectivity index (χ2n) is 3.36. The number of aryl methyl sites for hydroxylation is 1. The fraction of sp³-hybridized carbons (Fsp3) is 0.100. The number of halogens is 3. The van der Waals surface area contributed by atoms with E-state index in [9.17, 15) is 15.0 Å². The van der Waals surface area contributed by atoms with Crippen LogP contribution in [0.2, 0.25) is 0 Å². The molecular weight excluding hydrogens is 424 g/mol. The van der Waals surface area contributed by atoms with Crippen LogP contribution in [0.3, 0.4) is 0 Å². The molecule has 0 saturated heterocycles. The van der Waals surface area contributed by atoms with Crippen molar-refractivity contribution in [2.24, 2.45) is 0 Å². The van der Waals surface area contributed by atoms with Crippen molar-refractivity contribution >= 4 is 58.8 Å². The molecule has 0 saturated carbocycles. The highest BCUT2D eigenvalue weighted by molar-refractivity contribution is 9.11. The predicted molar refractivity (Wildman–Crippen MR) is 73.7 cm³/mol. The third-order valence-corrected chi connectivity index (χ3v) is 4.77. The number of rotatable bonds is 0. The van der Waals surface area contributed by atoms with Crippen LogP contribution in [0.5, 0.6) is 11.5 Å². The first-order valence-corrected chi connectivity index (χ1v) is 6.76. The van der Waals surface area contributed by atoms with Crippen molar-refractivity contribution in [2.45, 2.75) is 6.92 Å². The van der Waals surface area contributed by atoms with Gasteiger partial charge in [0, 0.05) is 0 Å². The number of phenolic OH excluding ortho intramolecular Hbond substituents is 2. The van der Waals surface area contributed by atoms with Crippen LogP contribution in [0.4, 0.5) is 0 Å². The van der Waals surface area contributed by atoms with Crippen molar-refractivity contribution in [1.82, 2.24) is 0 Å². The average molecular weight is 429 g/mol. The molecule has 2 aromatic rings. The highest BCUT2D eigenvalue weighted by Gasteiger charge is 2.21. The second kappa shape index (κ2) is 4.29. The fourth-order valence-electron chi connectivity index (χ4n) is 1.49. The summed E-state index contributed by atoms with van der Waals surface area (Å²) in [5.41, 5.74) is 0.0703. The van der Waals surface area contributed by atoms with Crippen LogP contribution < -0.4 is 5.63 Å². The Labute approximate surface area is 121 Å². The molecule has 90 valence electrons. The Kier molecular flexibility index (Phi) is 3.26. The summed E-state index contributed by atoms with van der Waals surface area (Å²) >= 11 is 9.27. The van der Waals surface area contributed by atoms with E-state index >= 15 is 0 Å². The quantitative estimate of drug-likeness (QED) is 0.626. The Morgan fingerprint density at radius 2 is 1.59 bits per heavy atom. The van der Waals surface area contributed by atoms with Gasteiger partial charge in [0.25, 0.3) is 0 Å². The van der Waals surface area contributed by atoms with E-state index < -0.39 is 5.63 Å². The molecule has 4 nitrogen and oxygen atoms in total. The first-order chi connectivity index (χ1) is 7.86. The van der Waals surface area contributed by atoms with Crippen molar-refractivity contribution < 1.29 is 14.6 Å². The molecule has 17 heavy (non-hydrogen) atoms. The van der Waals surface area contributed by atoms with Crippen LogP contribution in [-0.2, 0) is 0 Å². The lowest BCUT2D eigenvalue weighted by atomic mass is 10.1. The molecule has 0 radical (unpaired) electrons. The van der Waals surface area contributed by atoms with Crippen molar-refractivity contribution in [3.05, 3.63) is 29.4 Å². The Bertz CT molecular complexity index is 690. The normalized spacial score (nSPS) is 11.1. The number of hydrogen-bond donors (Lipinski definition) is 2. The molecule has 0 amide bonds. The van der Waals surface area contributed by atoms with E-state index in [1.807, 2.05) is 0 Å². The molecule has 0 spiro atoms. The van der Waals surface area contributed by atoms with Crippen LogP contribution in [0, 0.1) is 6.92 Å². The van der Waals surface area contributed by atoms with E-state index in [0.29, 0.717) is 10.9 Å².